The molecule has 0 spiro atoms. The van der Waals surface area contributed by atoms with E-state index in [0.29, 0.717) is 23.9 Å². The van der Waals surface area contributed by atoms with Gasteiger partial charge in [0.15, 0.2) is 0 Å². The van der Waals surface area contributed by atoms with E-state index in [4.69, 9.17) is 11.5 Å². The van der Waals surface area contributed by atoms with E-state index in [1.807, 2.05) is 0 Å². The molecule has 0 heterocycles. The standard InChI is InChI=1S/C16H32N2/c1-10-6-13(4-5-15(10)17)9-14-7-11(2)16(18)12(3)8-14/h10-16H,4-9,17-18H2,1-3H3. The van der Waals surface area contributed by atoms with Gasteiger partial charge in [0.05, 0.1) is 0 Å². The summed E-state index contributed by atoms with van der Waals surface area (Å²) in [5, 5.41) is 0. The van der Waals surface area contributed by atoms with Crippen LogP contribution < -0.4 is 11.5 Å². The van der Waals surface area contributed by atoms with Crippen molar-refractivity contribution < 1.29 is 0 Å². The minimum absolute atomic E-state index is 0.431. The lowest BCUT2D eigenvalue weighted by molar-refractivity contribution is 0.137. The molecule has 18 heavy (non-hydrogen) atoms. The second-order valence-corrected chi connectivity index (χ2v) is 7.43. The lowest BCUT2D eigenvalue weighted by Gasteiger charge is -2.40. The Kier molecular flexibility index (Phi) is 4.71. The van der Waals surface area contributed by atoms with Gasteiger partial charge in [-0.1, -0.05) is 20.8 Å². The number of hydrogen-bond acceptors (Lipinski definition) is 2. The van der Waals surface area contributed by atoms with E-state index in [9.17, 15) is 0 Å². The monoisotopic (exact) mass is 252 g/mol. The lowest BCUT2D eigenvalue weighted by Crippen LogP contribution is -2.42. The molecule has 0 radical (unpaired) electrons. The molecule has 2 saturated carbocycles. The van der Waals surface area contributed by atoms with Crippen molar-refractivity contribution in [2.24, 2.45) is 41.1 Å². The second kappa shape index (κ2) is 5.92. The minimum Gasteiger partial charge on any atom is -0.327 e. The van der Waals surface area contributed by atoms with E-state index < -0.39 is 0 Å². The Morgan fingerprint density at radius 1 is 0.778 bits per heavy atom. The average molecular weight is 252 g/mol. The quantitative estimate of drug-likeness (QED) is 0.793. The summed E-state index contributed by atoms with van der Waals surface area (Å²) in [5.41, 5.74) is 12.4. The van der Waals surface area contributed by atoms with Crippen molar-refractivity contribution in [2.45, 2.75) is 71.4 Å². The first-order valence-corrected chi connectivity index (χ1v) is 7.98. The molecule has 0 aliphatic heterocycles. The molecule has 5 atom stereocenters. The highest BCUT2D eigenvalue weighted by Crippen LogP contribution is 2.39. The first kappa shape index (κ1) is 14.3. The molecule has 0 saturated heterocycles. The summed E-state index contributed by atoms with van der Waals surface area (Å²) in [5.74, 6) is 3.99. The average Bonchev–Trinajstić information content (AvgIpc) is 2.31. The predicted octanol–water partition coefficient (Wildman–Crippen LogP) is 3.15. The fourth-order valence-electron chi connectivity index (χ4n) is 4.43. The van der Waals surface area contributed by atoms with Crippen molar-refractivity contribution in [3.8, 4) is 0 Å². The molecule has 2 rings (SSSR count). The number of nitrogens with two attached hydrogens (primary N) is 2. The Labute approximate surface area is 113 Å². The molecule has 0 bridgehead atoms. The van der Waals surface area contributed by atoms with Crippen LogP contribution in [0.5, 0.6) is 0 Å². The van der Waals surface area contributed by atoms with Crippen LogP contribution in [0, 0.1) is 29.6 Å². The molecular formula is C16H32N2. The van der Waals surface area contributed by atoms with Crippen molar-refractivity contribution in [3.05, 3.63) is 0 Å². The van der Waals surface area contributed by atoms with Gasteiger partial charge in [0.2, 0.25) is 0 Å². The van der Waals surface area contributed by atoms with Crippen LogP contribution >= 0.6 is 0 Å². The Balaban J connectivity index is 1.83. The first-order chi connectivity index (χ1) is 8.47. The normalized spacial score (nSPS) is 50.2. The maximum atomic E-state index is 6.24. The van der Waals surface area contributed by atoms with E-state index in [1.165, 1.54) is 38.5 Å². The lowest BCUT2D eigenvalue weighted by atomic mass is 9.68. The van der Waals surface area contributed by atoms with Gasteiger partial charge in [-0.25, -0.2) is 0 Å². The van der Waals surface area contributed by atoms with Crippen molar-refractivity contribution in [2.75, 3.05) is 0 Å². The molecule has 2 aliphatic carbocycles. The van der Waals surface area contributed by atoms with E-state index in [-0.39, 0.29) is 0 Å². The summed E-state index contributed by atoms with van der Waals surface area (Å²) >= 11 is 0. The van der Waals surface area contributed by atoms with E-state index >= 15 is 0 Å². The van der Waals surface area contributed by atoms with Crippen LogP contribution in [0.25, 0.3) is 0 Å². The molecule has 106 valence electrons. The van der Waals surface area contributed by atoms with Crippen molar-refractivity contribution >= 4 is 0 Å². The largest absolute Gasteiger partial charge is 0.327 e. The highest BCUT2D eigenvalue weighted by atomic mass is 14.7. The molecule has 5 unspecified atom stereocenters. The highest BCUT2D eigenvalue weighted by molar-refractivity contribution is 4.87. The summed E-state index contributed by atoms with van der Waals surface area (Å²) in [6.45, 7) is 7.01. The number of rotatable bonds is 2. The molecule has 2 fully saturated rings. The Hall–Kier alpha value is -0.0800. The van der Waals surface area contributed by atoms with E-state index in [1.54, 1.807) is 0 Å². The fraction of sp³-hybridized carbons (Fsp3) is 1.00. The van der Waals surface area contributed by atoms with Gasteiger partial charge in [0.25, 0.3) is 0 Å². The van der Waals surface area contributed by atoms with Gasteiger partial charge in [-0.15, -0.1) is 0 Å². The van der Waals surface area contributed by atoms with Crippen LogP contribution in [0.15, 0.2) is 0 Å². The topological polar surface area (TPSA) is 52.0 Å². The molecule has 4 N–H and O–H groups in total. The summed E-state index contributed by atoms with van der Waals surface area (Å²) in [6.07, 6.45) is 8.08. The zero-order valence-corrected chi connectivity index (χ0v) is 12.4. The second-order valence-electron chi connectivity index (χ2n) is 7.43. The van der Waals surface area contributed by atoms with Gasteiger partial charge in [0.1, 0.15) is 0 Å². The van der Waals surface area contributed by atoms with Crippen molar-refractivity contribution in [1.29, 1.82) is 0 Å². The smallest absolute Gasteiger partial charge is 0.00905 e. The van der Waals surface area contributed by atoms with Gasteiger partial charge in [0, 0.05) is 12.1 Å². The zero-order valence-electron chi connectivity index (χ0n) is 12.4. The third-order valence-electron chi connectivity index (χ3n) is 5.74. The number of hydrogen-bond donors (Lipinski definition) is 2. The maximum absolute atomic E-state index is 6.24. The van der Waals surface area contributed by atoms with Gasteiger partial charge in [-0.2, -0.15) is 0 Å². The fourth-order valence-corrected chi connectivity index (χ4v) is 4.43. The molecule has 0 aromatic carbocycles. The van der Waals surface area contributed by atoms with Crippen molar-refractivity contribution in [3.63, 3.8) is 0 Å². The first-order valence-electron chi connectivity index (χ1n) is 7.98. The van der Waals surface area contributed by atoms with Crippen LogP contribution in [0.4, 0.5) is 0 Å². The van der Waals surface area contributed by atoms with Crippen LogP contribution in [-0.2, 0) is 0 Å². The van der Waals surface area contributed by atoms with Crippen LogP contribution in [0.2, 0.25) is 0 Å². The van der Waals surface area contributed by atoms with E-state index in [2.05, 4.69) is 20.8 Å². The molecule has 0 aromatic heterocycles. The summed E-state index contributed by atoms with van der Waals surface area (Å²) in [6, 6.07) is 0.888. The summed E-state index contributed by atoms with van der Waals surface area (Å²) in [4.78, 5) is 0. The highest BCUT2D eigenvalue weighted by Gasteiger charge is 2.33. The molecule has 2 heteroatoms. The van der Waals surface area contributed by atoms with Crippen LogP contribution in [0.1, 0.15) is 59.3 Å². The van der Waals surface area contributed by atoms with Gasteiger partial charge in [-0.05, 0) is 68.1 Å². The SMILES string of the molecule is CC1CC(CC2CC(C)C(N)C(C)C2)CCC1N. The molecule has 0 aromatic rings. The van der Waals surface area contributed by atoms with E-state index in [0.717, 1.165) is 17.8 Å². The zero-order chi connectivity index (χ0) is 13.3. The van der Waals surface area contributed by atoms with Crippen LogP contribution in [-0.4, -0.2) is 12.1 Å². The predicted molar refractivity (Wildman–Crippen MR) is 78.1 cm³/mol. The van der Waals surface area contributed by atoms with Crippen molar-refractivity contribution in [1.82, 2.24) is 0 Å². The van der Waals surface area contributed by atoms with Crippen LogP contribution in [0.3, 0.4) is 0 Å². The van der Waals surface area contributed by atoms with Gasteiger partial charge >= 0.3 is 0 Å². The van der Waals surface area contributed by atoms with Gasteiger partial charge in [-0.3, -0.25) is 0 Å². The Morgan fingerprint density at radius 3 is 1.89 bits per heavy atom. The summed E-state index contributed by atoms with van der Waals surface area (Å²) < 4.78 is 0. The minimum atomic E-state index is 0.431. The third kappa shape index (κ3) is 3.27. The molecule has 2 aliphatic rings. The Morgan fingerprint density at radius 2 is 1.33 bits per heavy atom. The maximum Gasteiger partial charge on any atom is 0.00905 e. The third-order valence-corrected chi connectivity index (χ3v) is 5.74. The molecule has 0 amide bonds. The summed E-state index contributed by atoms with van der Waals surface area (Å²) in [7, 11) is 0. The Bertz CT molecular complexity index is 254. The molecule has 2 nitrogen and oxygen atoms in total. The molecular weight excluding hydrogens is 220 g/mol. The van der Waals surface area contributed by atoms with Gasteiger partial charge < -0.3 is 11.5 Å².